The van der Waals surface area contributed by atoms with Gasteiger partial charge in [-0.15, -0.1) is 49.3 Å². The summed E-state index contributed by atoms with van der Waals surface area (Å²) in [6, 6.07) is 17.5. The zero-order chi connectivity index (χ0) is 22.7. The molecule has 0 aromatic carbocycles. The molecule has 0 saturated carbocycles. The molecule has 6 rings (SSSR count). The van der Waals surface area contributed by atoms with E-state index in [2.05, 4.69) is 15.3 Å². The molecule has 1 radical (unpaired) electrons. The minimum Gasteiger partial charge on any atom is -0.560 e. The van der Waals surface area contributed by atoms with Gasteiger partial charge in [0, 0.05) is 0 Å². The van der Waals surface area contributed by atoms with Gasteiger partial charge in [-0.25, -0.2) is 0 Å². The molecule has 0 saturated heterocycles. The van der Waals surface area contributed by atoms with E-state index in [1.165, 1.54) is 14.5 Å². The van der Waals surface area contributed by atoms with Crippen LogP contribution in [0.2, 0.25) is 0 Å². The minimum atomic E-state index is -1.23. The van der Waals surface area contributed by atoms with E-state index in [1.54, 1.807) is 52.6 Å². The Balaban J connectivity index is 0.00000253. The van der Waals surface area contributed by atoms with Crippen LogP contribution in [0.5, 0.6) is 0 Å². The number of hydrogen-bond acceptors (Lipinski definition) is 9. The summed E-state index contributed by atoms with van der Waals surface area (Å²) in [6.45, 7) is 0. The second-order valence-corrected chi connectivity index (χ2v) is 9.69. The zero-order valence-corrected chi connectivity index (χ0v) is 24.9. The number of hydrogen-bond donors (Lipinski definition) is 0. The number of nitrogens with zero attached hydrogens (tertiary/aromatic N) is 6. The van der Waals surface area contributed by atoms with Crippen LogP contribution in [0, 0.1) is 0 Å². The molecule has 0 N–H and O–H groups in total. The van der Waals surface area contributed by atoms with E-state index in [9.17, 15) is 0 Å². The normalized spacial score (nSPS) is 10.9. The van der Waals surface area contributed by atoms with E-state index in [-0.39, 0.29) is 27.3 Å². The standard InChI is InChI=1S/C21H15BN6O3S3.Tl/c1-4-19(32-13-1)16-7-10-26(23-16)29-22(30-27-11-8-17(24-27)20-5-2-14-33-20)31-28-12-9-18(25-28)21-6-3-15-34-21;/h1-15H;/q-1;+1. The summed E-state index contributed by atoms with van der Waals surface area (Å²) in [6.07, 6.45) is 5.07. The van der Waals surface area contributed by atoms with Crippen LogP contribution in [0.4, 0.5) is 0 Å². The van der Waals surface area contributed by atoms with Crippen LogP contribution < -0.4 is 14.3 Å². The van der Waals surface area contributed by atoms with Crippen molar-refractivity contribution in [2.75, 3.05) is 0 Å². The quantitative estimate of drug-likeness (QED) is 0.213. The molecule has 0 amide bonds. The third-order valence-corrected chi connectivity index (χ3v) is 7.28. The predicted molar refractivity (Wildman–Crippen MR) is 138 cm³/mol. The summed E-state index contributed by atoms with van der Waals surface area (Å²) in [5.74, 6) is 0. The van der Waals surface area contributed by atoms with E-state index in [1.807, 2.05) is 70.7 Å². The van der Waals surface area contributed by atoms with Gasteiger partial charge in [-0.3, -0.25) is 0 Å². The first-order valence-electron chi connectivity index (χ1n) is 10.1. The van der Waals surface area contributed by atoms with Crippen molar-refractivity contribution in [1.82, 2.24) is 29.8 Å². The first kappa shape index (κ1) is 23.8. The Hall–Kier alpha value is -2.88. The van der Waals surface area contributed by atoms with Crippen LogP contribution in [0.1, 0.15) is 0 Å². The van der Waals surface area contributed by atoms with Crippen LogP contribution in [-0.2, 0) is 0 Å². The Labute approximate surface area is 232 Å². The molecule has 0 aliphatic carbocycles. The molecule has 9 nitrogen and oxygen atoms in total. The Bertz CT molecular complexity index is 1290. The van der Waals surface area contributed by atoms with Crippen molar-refractivity contribution in [2.24, 2.45) is 0 Å². The van der Waals surface area contributed by atoms with Gasteiger partial charge in [0.15, 0.2) is 0 Å². The molecule has 0 aliphatic rings. The topological polar surface area (TPSA) is 81.1 Å². The van der Waals surface area contributed by atoms with Crippen molar-refractivity contribution in [1.29, 1.82) is 0 Å². The summed E-state index contributed by atoms with van der Waals surface area (Å²) >= 11 is 4.79. The largest absolute Gasteiger partial charge is 1.00 e. The van der Waals surface area contributed by atoms with Crippen molar-refractivity contribution in [3.8, 4) is 31.7 Å². The predicted octanol–water partition coefficient (Wildman–Crippen LogP) is 3.75. The van der Waals surface area contributed by atoms with Crippen LogP contribution in [0.15, 0.2) is 89.3 Å². The molecule has 6 aromatic heterocycles. The Morgan fingerprint density at radius 3 is 1.17 bits per heavy atom. The average Bonchev–Trinajstić information content (AvgIpc) is 3.65. The molecule has 0 atom stereocenters. The molecule has 0 bridgehead atoms. The SMILES string of the molecule is [Tl+].c1csc(-c2ccn(O[B-](On3ccc(-c4cccs4)n3)On3ccc(-c4cccs4)n3)n2)c1. The molecule has 0 spiro atoms. The first-order chi connectivity index (χ1) is 16.8. The zero-order valence-electron chi connectivity index (χ0n) is 17.9. The van der Waals surface area contributed by atoms with Gasteiger partial charge >= 0.3 is 34.6 Å². The molecular weight excluding hydrogens is 696 g/mol. The van der Waals surface area contributed by atoms with Crippen molar-refractivity contribution >= 4 is 68.6 Å². The molecule has 171 valence electrons. The number of thiophene rings is 3. The summed E-state index contributed by atoms with van der Waals surface area (Å²) < 4.78 is 17.6. The van der Waals surface area contributed by atoms with Crippen LogP contribution in [0.3, 0.4) is 0 Å². The fourth-order valence-corrected chi connectivity index (χ4v) is 5.16. The van der Waals surface area contributed by atoms with Crippen LogP contribution in [-0.4, -0.2) is 64.5 Å². The van der Waals surface area contributed by atoms with E-state index < -0.39 is 7.32 Å². The van der Waals surface area contributed by atoms with Gasteiger partial charge in [-0.2, -0.15) is 14.5 Å². The van der Waals surface area contributed by atoms with E-state index in [4.69, 9.17) is 14.3 Å². The second-order valence-electron chi connectivity index (χ2n) is 6.85. The third-order valence-electron chi connectivity index (χ3n) is 4.60. The molecular formula is C21H15BN6O3S3Tl. The van der Waals surface area contributed by atoms with Gasteiger partial charge < -0.3 is 14.3 Å². The smallest absolute Gasteiger partial charge is 0.560 e. The summed E-state index contributed by atoms with van der Waals surface area (Å²) in [7, 11) is -1.23. The molecule has 6 heterocycles. The molecule has 0 fully saturated rings. The summed E-state index contributed by atoms with van der Waals surface area (Å²) in [4.78, 5) is 6.98. The maximum Gasteiger partial charge on any atom is 1.00 e. The second kappa shape index (κ2) is 10.8. The summed E-state index contributed by atoms with van der Waals surface area (Å²) in [5, 5.41) is 19.4. The maximum absolute atomic E-state index is 5.85. The van der Waals surface area contributed by atoms with Crippen molar-refractivity contribution in [3.05, 3.63) is 89.3 Å². The van der Waals surface area contributed by atoms with Gasteiger partial charge in [0.2, 0.25) is 0 Å². The Kier molecular flexibility index (Phi) is 7.36. The Morgan fingerprint density at radius 1 is 0.543 bits per heavy atom. The van der Waals surface area contributed by atoms with Gasteiger partial charge in [-0.05, 0) is 52.5 Å². The molecule has 0 unspecified atom stereocenters. The fraction of sp³-hybridized carbons (Fsp3) is 0. The van der Waals surface area contributed by atoms with Crippen LogP contribution in [0.25, 0.3) is 31.7 Å². The number of rotatable bonds is 9. The monoisotopic (exact) mass is 711 g/mol. The van der Waals surface area contributed by atoms with Gasteiger partial charge in [-0.1, -0.05) is 18.2 Å². The van der Waals surface area contributed by atoms with Gasteiger partial charge in [0.1, 0.15) is 17.1 Å². The third kappa shape index (κ3) is 5.52. The van der Waals surface area contributed by atoms with E-state index in [0.29, 0.717) is 0 Å². The fourth-order valence-electron chi connectivity index (χ4n) is 3.09. The number of aromatic nitrogens is 6. The van der Waals surface area contributed by atoms with Crippen molar-refractivity contribution < 1.29 is 14.3 Å². The van der Waals surface area contributed by atoms with Crippen molar-refractivity contribution in [3.63, 3.8) is 0 Å². The molecule has 35 heavy (non-hydrogen) atoms. The molecule has 0 aliphatic heterocycles. The van der Waals surface area contributed by atoms with E-state index >= 15 is 0 Å². The van der Waals surface area contributed by atoms with Crippen LogP contribution >= 0.6 is 34.0 Å². The first-order valence-corrected chi connectivity index (χ1v) is 12.7. The van der Waals surface area contributed by atoms with Gasteiger partial charge in [0.25, 0.3) is 0 Å². The maximum atomic E-state index is 5.85. The molecule has 14 heteroatoms. The average molecular weight is 711 g/mol. The van der Waals surface area contributed by atoms with E-state index in [0.717, 1.165) is 31.7 Å². The molecule has 6 aromatic rings. The Morgan fingerprint density at radius 2 is 0.886 bits per heavy atom. The summed E-state index contributed by atoms with van der Waals surface area (Å²) in [5.41, 5.74) is 2.35. The minimum absolute atomic E-state index is 0. The van der Waals surface area contributed by atoms with Gasteiger partial charge in [0.05, 0.1) is 33.2 Å². The van der Waals surface area contributed by atoms with Crippen molar-refractivity contribution in [2.45, 2.75) is 0 Å².